The predicted molar refractivity (Wildman–Crippen MR) is 103 cm³/mol. The highest BCUT2D eigenvalue weighted by atomic mass is 32.2. The molecule has 0 spiro atoms. The first-order valence-electron chi connectivity index (χ1n) is 9.09. The van der Waals surface area contributed by atoms with Gasteiger partial charge in [-0.05, 0) is 49.7 Å². The third kappa shape index (κ3) is 4.88. The van der Waals surface area contributed by atoms with E-state index in [4.69, 9.17) is 4.74 Å². The van der Waals surface area contributed by atoms with E-state index < -0.39 is 15.8 Å². The molecule has 150 valence electrons. The maximum absolute atomic E-state index is 13.1. The van der Waals surface area contributed by atoms with Gasteiger partial charge in [0.2, 0.25) is 10.0 Å². The molecule has 2 aromatic rings. The molecule has 0 N–H and O–H groups in total. The largest absolute Gasteiger partial charge is 0.484 e. The SMILES string of the molecule is Cc1ccc(OCC(=O)N2CCCN(S(=O)(=O)c3ccc(F)cc3)CC2)cc1. The van der Waals surface area contributed by atoms with Crippen molar-refractivity contribution in [2.75, 3.05) is 32.8 Å². The fraction of sp³-hybridized carbons (Fsp3) is 0.350. The first kappa shape index (κ1) is 20.3. The number of carbonyl (C=O) groups is 1. The molecular weight excluding hydrogens is 383 g/mol. The highest BCUT2D eigenvalue weighted by molar-refractivity contribution is 7.89. The third-order valence-corrected chi connectivity index (χ3v) is 6.56. The molecule has 1 aliphatic heterocycles. The van der Waals surface area contributed by atoms with Gasteiger partial charge in [-0.15, -0.1) is 0 Å². The molecule has 0 unspecified atom stereocenters. The molecule has 1 heterocycles. The Kier molecular flexibility index (Phi) is 6.31. The summed E-state index contributed by atoms with van der Waals surface area (Å²) >= 11 is 0. The summed E-state index contributed by atoms with van der Waals surface area (Å²) < 4.78 is 45.4. The van der Waals surface area contributed by atoms with Crippen molar-refractivity contribution >= 4 is 15.9 Å². The number of halogens is 1. The minimum absolute atomic E-state index is 0.0522. The topological polar surface area (TPSA) is 66.9 Å². The monoisotopic (exact) mass is 406 g/mol. The Morgan fingerprint density at radius 3 is 2.36 bits per heavy atom. The van der Waals surface area contributed by atoms with E-state index in [1.54, 1.807) is 4.90 Å². The van der Waals surface area contributed by atoms with E-state index in [1.165, 1.54) is 16.4 Å². The summed E-state index contributed by atoms with van der Waals surface area (Å²) in [5, 5.41) is 0. The number of rotatable bonds is 5. The molecule has 8 heteroatoms. The first-order valence-corrected chi connectivity index (χ1v) is 10.5. The molecule has 2 aromatic carbocycles. The second-order valence-corrected chi connectivity index (χ2v) is 8.63. The highest BCUT2D eigenvalue weighted by Crippen LogP contribution is 2.18. The zero-order valence-corrected chi connectivity index (χ0v) is 16.5. The van der Waals surface area contributed by atoms with Crippen molar-refractivity contribution in [1.29, 1.82) is 0 Å². The van der Waals surface area contributed by atoms with Crippen LogP contribution in [-0.4, -0.2) is 56.3 Å². The summed E-state index contributed by atoms with van der Waals surface area (Å²) in [7, 11) is -3.71. The summed E-state index contributed by atoms with van der Waals surface area (Å²) in [6, 6.07) is 12.2. The summed E-state index contributed by atoms with van der Waals surface area (Å²) in [6.07, 6.45) is 0.525. The lowest BCUT2D eigenvalue weighted by atomic mass is 10.2. The predicted octanol–water partition coefficient (Wildman–Crippen LogP) is 2.44. The van der Waals surface area contributed by atoms with Gasteiger partial charge in [-0.25, -0.2) is 12.8 Å². The molecule has 0 atom stereocenters. The van der Waals surface area contributed by atoms with Crippen molar-refractivity contribution in [3.63, 3.8) is 0 Å². The molecule has 3 rings (SSSR count). The van der Waals surface area contributed by atoms with Crippen LogP contribution in [0.3, 0.4) is 0 Å². The van der Waals surface area contributed by atoms with Crippen LogP contribution in [0.1, 0.15) is 12.0 Å². The maximum atomic E-state index is 13.1. The summed E-state index contributed by atoms with van der Waals surface area (Å²) in [5.74, 6) is -0.0453. The first-order chi connectivity index (χ1) is 13.4. The Morgan fingerprint density at radius 1 is 1.00 bits per heavy atom. The van der Waals surface area contributed by atoms with Crippen LogP contribution in [0.5, 0.6) is 5.75 Å². The zero-order valence-electron chi connectivity index (χ0n) is 15.7. The molecule has 0 radical (unpaired) electrons. The Hall–Kier alpha value is -2.45. The van der Waals surface area contributed by atoms with Crippen LogP contribution in [0.15, 0.2) is 53.4 Å². The van der Waals surface area contributed by atoms with E-state index in [1.807, 2.05) is 31.2 Å². The molecule has 0 aromatic heterocycles. The van der Waals surface area contributed by atoms with E-state index in [9.17, 15) is 17.6 Å². The fourth-order valence-corrected chi connectivity index (χ4v) is 4.48. The van der Waals surface area contributed by atoms with Gasteiger partial charge in [-0.3, -0.25) is 4.79 Å². The zero-order chi connectivity index (χ0) is 20.1. The lowest BCUT2D eigenvalue weighted by Gasteiger charge is -2.22. The summed E-state index contributed by atoms with van der Waals surface area (Å²) in [6.45, 7) is 3.13. The average molecular weight is 406 g/mol. The molecule has 0 bridgehead atoms. The molecular formula is C20H23FN2O4S. The standard InChI is InChI=1S/C20H23FN2O4S/c1-16-3-7-18(8-4-16)27-15-20(24)22-11-2-12-23(14-13-22)28(25,26)19-9-5-17(21)6-10-19/h3-10H,2,11-15H2,1H3. The molecule has 1 amide bonds. The number of sulfonamides is 1. The lowest BCUT2D eigenvalue weighted by Crippen LogP contribution is -2.39. The van der Waals surface area contributed by atoms with Crippen LogP contribution in [0.25, 0.3) is 0 Å². The lowest BCUT2D eigenvalue weighted by molar-refractivity contribution is -0.133. The molecule has 28 heavy (non-hydrogen) atoms. The number of benzene rings is 2. The Labute approximate surface area is 164 Å². The summed E-state index contributed by atoms with van der Waals surface area (Å²) in [4.78, 5) is 14.1. The van der Waals surface area contributed by atoms with Crippen LogP contribution in [-0.2, 0) is 14.8 Å². The van der Waals surface area contributed by atoms with Crippen molar-refractivity contribution in [2.24, 2.45) is 0 Å². The Bertz CT molecular complexity index is 914. The smallest absolute Gasteiger partial charge is 0.260 e. The van der Waals surface area contributed by atoms with Gasteiger partial charge in [-0.2, -0.15) is 4.31 Å². The van der Waals surface area contributed by atoms with E-state index >= 15 is 0 Å². The van der Waals surface area contributed by atoms with Gasteiger partial charge >= 0.3 is 0 Å². The van der Waals surface area contributed by atoms with Crippen molar-refractivity contribution in [3.8, 4) is 5.75 Å². The quantitative estimate of drug-likeness (QED) is 0.765. The van der Waals surface area contributed by atoms with Gasteiger partial charge in [0, 0.05) is 26.2 Å². The van der Waals surface area contributed by atoms with Crippen LogP contribution in [0.4, 0.5) is 4.39 Å². The van der Waals surface area contributed by atoms with Gasteiger partial charge in [-0.1, -0.05) is 17.7 Å². The molecule has 0 aliphatic carbocycles. The van der Waals surface area contributed by atoms with Gasteiger partial charge in [0.25, 0.3) is 5.91 Å². The number of hydrogen-bond donors (Lipinski definition) is 0. The summed E-state index contributed by atoms with van der Waals surface area (Å²) in [5.41, 5.74) is 1.11. The van der Waals surface area contributed by atoms with E-state index in [0.29, 0.717) is 25.3 Å². The maximum Gasteiger partial charge on any atom is 0.260 e. The van der Waals surface area contributed by atoms with Gasteiger partial charge in [0.1, 0.15) is 11.6 Å². The van der Waals surface area contributed by atoms with Gasteiger partial charge < -0.3 is 9.64 Å². The van der Waals surface area contributed by atoms with Gasteiger partial charge in [0.05, 0.1) is 4.90 Å². The van der Waals surface area contributed by atoms with E-state index in [0.717, 1.165) is 17.7 Å². The van der Waals surface area contributed by atoms with Crippen LogP contribution < -0.4 is 4.74 Å². The van der Waals surface area contributed by atoms with Crippen LogP contribution in [0.2, 0.25) is 0 Å². The highest BCUT2D eigenvalue weighted by Gasteiger charge is 2.28. The van der Waals surface area contributed by atoms with Crippen LogP contribution >= 0.6 is 0 Å². The minimum Gasteiger partial charge on any atom is -0.484 e. The molecule has 1 aliphatic rings. The molecule has 1 saturated heterocycles. The molecule has 1 fully saturated rings. The van der Waals surface area contributed by atoms with Crippen molar-refractivity contribution in [2.45, 2.75) is 18.2 Å². The Morgan fingerprint density at radius 2 is 1.68 bits per heavy atom. The number of hydrogen-bond acceptors (Lipinski definition) is 4. The minimum atomic E-state index is -3.71. The normalized spacial score (nSPS) is 15.9. The van der Waals surface area contributed by atoms with Gasteiger partial charge in [0.15, 0.2) is 6.61 Å². The number of amides is 1. The Balaban J connectivity index is 1.58. The van der Waals surface area contributed by atoms with Crippen molar-refractivity contribution in [1.82, 2.24) is 9.21 Å². The number of aryl methyl sites for hydroxylation is 1. The van der Waals surface area contributed by atoms with E-state index in [-0.39, 0.29) is 30.5 Å². The average Bonchev–Trinajstić information content (AvgIpc) is 2.94. The second kappa shape index (κ2) is 8.70. The van der Waals surface area contributed by atoms with Crippen molar-refractivity contribution in [3.05, 3.63) is 59.9 Å². The van der Waals surface area contributed by atoms with E-state index in [2.05, 4.69) is 0 Å². The fourth-order valence-electron chi connectivity index (χ4n) is 3.01. The third-order valence-electron chi connectivity index (χ3n) is 4.64. The second-order valence-electron chi connectivity index (χ2n) is 6.69. The van der Waals surface area contributed by atoms with Crippen molar-refractivity contribution < 1.29 is 22.3 Å². The number of ether oxygens (including phenoxy) is 1. The molecule has 0 saturated carbocycles. The molecule has 6 nitrogen and oxygen atoms in total. The van der Waals surface area contributed by atoms with Crippen LogP contribution in [0, 0.1) is 12.7 Å². The number of carbonyl (C=O) groups excluding carboxylic acids is 1. The number of nitrogens with zero attached hydrogens (tertiary/aromatic N) is 2.